The lowest BCUT2D eigenvalue weighted by Crippen LogP contribution is -2.15. The molecule has 0 fully saturated rings. The molecule has 3 nitrogen and oxygen atoms in total. The quantitative estimate of drug-likeness (QED) is 0.804. The van der Waals surface area contributed by atoms with Crippen LogP contribution in [-0.2, 0) is 0 Å². The summed E-state index contributed by atoms with van der Waals surface area (Å²) in [6, 6.07) is 10.6. The van der Waals surface area contributed by atoms with Gasteiger partial charge in [0, 0.05) is 15.8 Å². The number of benzene rings is 2. The van der Waals surface area contributed by atoms with Crippen molar-refractivity contribution in [2.75, 3.05) is 11.1 Å². The van der Waals surface area contributed by atoms with E-state index in [9.17, 15) is 4.79 Å². The van der Waals surface area contributed by atoms with Crippen LogP contribution in [0.15, 0.2) is 40.9 Å². The Balaban J connectivity index is 2.34. The molecule has 0 aliphatic heterocycles. The van der Waals surface area contributed by atoms with Gasteiger partial charge in [-0.05, 0) is 36.8 Å². The standard InChI is InChI=1S/C14H12BrClN2O/c1-8-9(15)4-2-7-12(8)18-14(19)13-10(16)5-3-6-11(13)17/h2-7H,17H2,1H3,(H,18,19). The molecule has 3 N–H and O–H groups in total. The molecule has 5 heteroatoms. The van der Waals surface area contributed by atoms with Gasteiger partial charge in [0.1, 0.15) is 0 Å². The number of nitrogens with two attached hydrogens (primary N) is 1. The molecule has 0 aliphatic carbocycles. The lowest BCUT2D eigenvalue weighted by atomic mass is 10.1. The molecule has 0 heterocycles. The summed E-state index contributed by atoms with van der Waals surface area (Å²) >= 11 is 9.43. The van der Waals surface area contributed by atoms with Gasteiger partial charge in [0.2, 0.25) is 0 Å². The molecule has 2 aromatic rings. The molecule has 98 valence electrons. The van der Waals surface area contributed by atoms with Crippen molar-refractivity contribution in [1.82, 2.24) is 0 Å². The van der Waals surface area contributed by atoms with E-state index in [0.29, 0.717) is 16.3 Å². The highest BCUT2D eigenvalue weighted by molar-refractivity contribution is 9.10. The van der Waals surface area contributed by atoms with Crippen LogP contribution >= 0.6 is 27.5 Å². The Morgan fingerprint density at radius 2 is 1.95 bits per heavy atom. The van der Waals surface area contributed by atoms with E-state index in [-0.39, 0.29) is 5.91 Å². The van der Waals surface area contributed by atoms with Crippen molar-refractivity contribution in [3.8, 4) is 0 Å². The molecule has 0 saturated carbocycles. The van der Waals surface area contributed by atoms with Crippen LogP contribution in [-0.4, -0.2) is 5.91 Å². The fourth-order valence-electron chi connectivity index (χ4n) is 1.71. The molecule has 0 radical (unpaired) electrons. The third-order valence-electron chi connectivity index (χ3n) is 2.79. The average molecular weight is 340 g/mol. The minimum Gasteiger partial charge on any atom is -0.398 e. The lowest BCUT2D eigenvalue weighted by molar-refractivity contribution is 0.102. The zero-order chi connectivity index (χ0) is 14.0. The first-order valence-corrected chi connectivity index (χ1v) is 6.78. The number of hydrogen-bond donors (Lipinski definition) is 2. The summed E-state index contributed by atoms with van der Waals surface area (Å²) in [5.41, 5.74) is 8.11. The van der Waals surface area contributed by atoms with Gasteiger partial charge >= 0.3 is 0 Å². The summed E-state index contributed by atoms with van der Waals surface area (Å²) in [5, 5.41) is 3.15. The van der Waals surface area contributed by atoms with E-state index in [2.05, 4.69) is 21.2 Å². The fraction of sp³-hybridized carbons (Fsp3) is 0.0714. The fourth-order valence-corrected chi connectivity index (χ4v) is 2.34. The summed E-state index contributed by atoms with van der Waals surface area (Å²) in [6.45, 7) is 1.91. The summed E-state index contributed by atoms with van der Waals surface area (Å²) in [4.78, 5) is 12.2. The normalized spacial score (nSPS) is 10.3. The molecule has 2 aromatic carbocycles. The number of hydrogen-bond acceptors (Lipinski definition) is 2. The van der Waals surface area contributed by atoms with Crippen molar-refractivity contribution < 1.29 is 4.79 Å². The average Bonchev–Trinajstić information content (AvgIpc) is 2.35. The molecule has 0 unspecified atom stereocenters. The van der Waals surface area contributed by atoms with E-state index in [4.69, 9.17) is 17.3 Å². The number of anilines is 2. The van der Waals surface area contributed by atoms with Crippen LogP contribution in [0, 0.1) is 6.92 Å². The maximum atomic E-state index is 12.2. The molecule has 19 heavy (non-hydrogen) atoms. The number of halogens is 2. The smallest absolute Gasteiger partial charge is 0.259 e. The van der Waals surface area contributed by atoms with E-state index in [1.54, 1.807) is 18.2 Å². The third-order valence-corrected chi connectivity index (χ3v) is 3.96. The van der Waals surface area contributed by atoms with Crippen molar-refractivity contribution in [2.24, 2.45) is 0 Å². The van der Waals surface area contributed by atoms with Crippen molar-refractivity contribution >= 4 is 44.8 Å². The van der Waals surface area contributed by atoms with Gasteiger partial charge in [-0.25, -0.2) is 0 Å². The minimum absolute atomic E-state index is 0.295. The van der Waals surface area contributed by atoms with Crippen molar-refractivity contribution in [1.29, 1.82) is 0 Å². The number of amides is 1. The first-order valence-electron chi connectivity index (χ1n) is 5.61. The molecular weight excluding hydrogens is 328 g/mol. The largest absolute Gasteiger partial charge is 0.398 e. The summed E-state index contributed by atoms with van der Waals surface area (Å²) < 4.78 is 0.928. The summed E-state index contributed by atoms with van der Waals surface area (Å²) in [7, 11) is 0. The maximum Gasteiger partial charge on any atom is 0.259 e. The Labute approximate surface area is 124 Å². The van der Waals surface area contributed by atoms with E-state index in [1.807, 2.05) is 25.1 Å². The van der Waals surface area contributed by atoms with E-state index in [0.717, 1.165) is 15.7 Å². The highest BCUT2D eigenvalue weighted by Crippen LogP contribution is 2.26. The van der Waals surface area contributed by atoms with Gasteiger partial charge in [-0.15, -0.1) is 0 Å². The topological polar surface area (TPSA) is 55.1 Å². The minimum atomic E-state index is -0.315. The second-order valence-corrected chi connectivity index (χ2v) is 5.33. The van der Waals surface area contributed by atoms with Crippen LogP contribution in [0.1, 0.15) is 15.9 Å². The number of carbonyl (C=O) groups is 1. The molecule has 1 amide bonds. The SMILES string of the molecule is Cc1c(Br)cccc1NC(=O)c1c(N)cccc1Cl. The zero-order valence-electron chi connectivity index (χ0n) is 10.2. The maximum absolute atomic E-state index is 12.2. The van der Waals surface area contributed by atoms with E-state index >= 15 is 0 Å². The van der Waals surface area contributed by atoms with Gasteiger partial charge < -0.3 is 11.1 Å². The highest BCUT2D eigenvalue weighted by Gasteiger charge is 2.15. The van der Waals surface area contributed by atoms with Crippen LogP contribution in [0.3, 0.4) is 0 Å². The molecule has 0 aliphatic rings. The van der Waals surface area contributed by atoms with Gasteiger partial charge in [-0.1, -0.05) is 39.7 Å². The number of carbonyl (C=O) groups excluding carboxylic acids is 1. The Kier molecular flexibility index (Phi) is 4.12. The van der Waals surface area contributed by atoms with Crippen LogP contribution in [0.2, 0.25) is 5.02 Å². The van der Waals surface area contributed by atoms with Crippen LogP contribution < -0.4 is 11.1 Å². The van der Waals surface area contributed by atoms with Gasteiger partial charge in [-0.2, -0.15) is 0 Å². The number of nitrogens with one attached hydrogen (secondary N) is 1. The monoisotopic (exact) mass is 338 g/mol. The summed E-state index contributed by atoms with van der Waals surface area (Å²) in [5.74, 6) is -0.315. The van der Waals surface area contributed by atoms with E-state index < -0.39 is 0 Å². The second kappa shape index (κ2) is 5.63. The van der Waals surface area contributed by atoms with Gasteiger partial charge in [0.05, 0.1) is 10.6 Å². The van der Waals surface area contributed by atoms with Crippen molar-refractivity contribution in [3.63, 3.8) is 0 Å². The van der Waals surface area contributed by atoms with Crippen LogP contribution in [0.4, 0.5) is 11.4 Å². The van der Waals surface area contributed by atoms with Gasteiger partial charge in [0.15, 0.2) is 0 Å². The lowest BCUT2D eigenvalue weighted by Gasteiger charge is -2.11. The number of nitrogen functional groups attached to an aromatic ring is 1. The van der Waals surface area contributed by atoms with Crippen molar-refractivity contribution in [2.45, 2.75) is 6.92 Å². The predicted molar refractivity (Wildman–Crippen MR) is 82.7 cm³/mol. The molecule has 0 spiro atoms. The second-order valence-electron chi connectivity index (χ2n) is 4.07. The van der Waals surface area contributed by atoms with Gasteiger partial charge in [0.25, 0.3) is 5.91 Å². The van der Waals surface area contributed by atoms with E-state index in [1.165, 1.54) is 0 Å². The zero-order valence-corrected chi connectivity index (χ0v) is 12.5. The molecule has 2 rings (SSSR count). The first kappa shape index (κ1) is 13.9. The Morgan fingerprint density at radius 3 is 2.63 bits per heavy atom. The molecule has 0 saturated heterocycles. The van der Waals surface area contributed by atoms with Crippen molar-refractivity contribution in [3.05, 3.63) is 57.0 Å². The van der Waals surface area contributed by atoms with Crippen LogP contribution in [0.5, 0.6) is 0 Å². The summed E-state index contributed by atoms with van der Waals surface area (Å²) in [6.07, 6.45) is 0. The van der Waals surface area contributed by atoms with Gasteiger partial charge in [-0.3, -0.25) is 4.79 Å². The molecule has 0 atom stereocenters. The predicted octanol–water partition coefficient (Wildman–Crippen LogP) is 4.25. The van der Waals surface area contributed by atoms with Crippen LogP contribution in [0.25, 0.3) is 0 Å². The third kappa shape index (κ3) is 2.91. The Hall–Kier alpha value is -1.52. The molecule has 0 aromatic heterocycles. The number of rotatable bonds is 2. The Morgan fingerprint density at radius 1 is 1.26 bits per heavy atom. The molecular formula is C14H12BrClN2O. The highest BCUT2D eigenvalue weighted by atomic mass is 79.9. The molecule has 0 bridgehead atoms. The Bertz CT molecular complexity index is 623. The first-order chi connectivity index (χ1) is 9.00.